The largest absolute Gasteiger partial charge is 0.350 e. The third kappa shape index (κ3) is 1.41. The summed E-state index contributed by atoms with van der Waals surface area (Å²) < 4.78 is 5.62. The van der Waals surface area contributed by atoms with Crippen molar-refractivity contribution >= 4 is 0 Å². The van der Waals surface area contributed by atoms with Crippen LogP contribution in [-0.4, -0.2) is 12.6 Å². The van der Waals surface area contributed by atoms with Gasteiger partial charge in [-0.25, -0.2) is 0 Å². The Hall–Kier alpha value is -1.42. The van der Waals surface area contributed by atoms with Crippen molar-refractivity contribution in [2.75, 3.05) is 7.11 Å². The van der Waals surface area contributed by atoms with Gasteiger partial charge in [-0.15, -0.1) is 5.11 Å². The van der Waals surface area contributed by atoms with Crippen molar-refractivity contribution in [2.45, 2.75) is 32.0 Å². The fourth-order valence-electron chi connectivity index (χ4n) is 2.03. The highest BCUT2D eigenvalue weighted by atomic mass is 16.5. The Morgan fingerprint density at radius 3 is 2.25 bits per heavy atom. The zero-order valence-corrected chi connectivity index (χ0v) is 10.1. The molecule has 0 saturated heterocycles. The molecular formula is C12H17N3O. The molecule has 4 nitrogen and oxygen atoms in total. The van der Waals surface area contributed by atoms with Crippen LogP contribution in [0.15, 0.2) is 34.6 Å². The van der Waals surface area contributed by atoms with Gasteiger partial charge in [0, 0.05) is 12.7 Å². The average molecular weight is 219 g/mol. The van der Waals surface area contributed by atoms with Gasteiger partial charge in [-0.05, 0) is 20.8 Å². The summed E-state index contributed by atoms with van der Waals surface area (Å²) in [5.74, 6) is 0. The number of aryl methyl sites for hydroxylation is 1. The van der Waals surface area contributed by atoms with Crippen LogP contribution in [-0.2, 0) is 10.5 Å². The van der Waals surface area contributed by atoms with Gasteiger partial charge in [-0.2, -0.15) is 0 Å². The van der Waals surface area contributed by atoms with Gasteiger partial charge in [0.2, 0.25) is 5.72 Å². The van der Waals surface area contributed by atoms with E-state index in [1.807, 2.05) is 26.0 Å². The van der Waals surface area contributed by atoms with E-state index in [2.05, 4.69) is 34.8 Å². The summed E-state index contributed by atoms with van der Waals surface area (Å²) in [6.07, 6.45) is 0. The van der Waals surface area contributed by atoms with E-state index in [1.54, 1.807) is 7.11 Å². The van der Waals surface area contributed by atoms with E-state index in [1.165, 1.54) is 5.56 Å². The molecule has 0 aliphatic carbocycles. The van der Waals surface area contributed by atoms with Gasteiger partial charge in [-0.3, -0.25) is 5.43 Å². The molecule has 1 N–H and O–H groups in total. The Balaban J connectivity index is 2.50. The minimum atomic E-state index is -0.735. The fourth-order valence-corrected chi connectivity index (χ4v) is 2.03. The van der Waals surface area contributed by atoms with E-state index in [4.69, 9.17) is 4.74 Å². The predicted molar refractivity (Wildman–Crippen MR) is 61.9 cm³/mol. The van der Waals surface area contributed by atoms with E-state index in [0.717, 1.165) is 5.56 Å². The molecule has 1 aromatic rings. The van der Waals surface area contributed by atoms with Crippen molar-refractivity contribution in [3.8, 4) is 0 Å². The summed E-state index contributed by atoms with van der Waals surface area (Å²) in [6.45, 7) is 6.11. The SMILES string of the molecule is COC1(c2ccc(C)cc2)N=NNC1(C)C. The monoisotopic (exact) mass is 219 g/mol. The quantitative estimate of drug-likeness (QED) is 0.830. The van der Waals surface area contributed by atoms with Crippen molar-refractivity contribution in [3.63, 3.8) is 0 Å². The van der Waals surface area contributed by atoms with Crippen LogP contribution in [0.4, 0.5) is 0 Å². The molecule has 2 rings (SSSR count). The number of hydrogen-bond acceptors (Lipinski definition) is 4. The van der Waals surface area contributed by atoms with Crippen molar-refractivity contribution in [1.29, 1.82) is 0 Å². The summed E-state index contributed by atoms with van der Waals surface area (Å²) in [5, 5.41) is 8.14. The Bertz CT molecular complexity index is 411. The minimum absolute atomic E-state index is 0.350. The summed E-state index contributed by atoms with van der Waals surface area (Å²) in [5.41, 5.74) is 4.13. The molecule has 16 heavy (non-hydrogen) atoms. The van der Waals surface area contributed by atoms with Crippen LogP contribution in [0.1, 0.15) is 25.0 Å². The smallest absolute Gasteiger partial charge is 0.230 e. The lowest BCUT2D eigenvalue weighted by Gasteiger charge is -2.35. The van der Waals surface area contributed by atoms with Gasteiger partial charge < -0.3 is 4.74 Å². The third-order valence-corrected chi connectivity index (χ3v) is 3.11. The van der Waals surface area contributed by atoms with Gasteiger partial charge in [0.15, 0.2) is 0 Å². The molecule has 1 heterocycles. The van der Waals surface area contributed by atoms with Crippen LogP contribution < -0.4 is 5.43 Å². The molecule has 1 unspecified atom stereocenters. The fraction of sp³-hybridized carbons (Fsp3) is 0.500. The Labute approximate surface area is 95.7 Å². The lowest BCUT2D eigenvalue weighted by atomic mass is 9.85. The van der Waals surface area contributed by atoms with Crippen LogP contribution in [0, 0.1) is 6.92 Å². The van der Waals surface area contributed by atoms with Crippen LogP contribution in [0.25, 0.3) is 0 Å². The van der Waals surface area contributed by atoms with Crippen LogP contribution in [0.3, 0.4) is 0 Å². The Morgan fingerprint density at radius 2 is 1.81 bits per heavy atom. The van der Waals surface area contributed by atoms with Crippen LogP contribution in [0.2, 0.25) is 0 Å². The highest BCUT2D eigenvalue weighted by molar-refractivity contribution is 5.30. The second-order valence-electron chi connectivity index (χ2n) is 4.65. The average Bonchev–Trinajstić information content (AvgIpc) is 2.55. The maximum atomic E-state index is 5.62. The highest BCUT2D eigenvalue weighted by Gasteiger charge is 2.51. The summed E-state index contributed by atoms with van der Waals surface area (Å²) >= 11 is 0. The lowest BCUT2D eigenvalue weighted by molar-refractivity contribution is -0.0562. The zero-order chi connectivity index (χ0) is 11.8. The number of benzene rings is 1. The number of rotatable bonds is 2. The number of ether oxygens (including phenoxy) is 1. The van der Waals surface area contributed by atoms with E-state index < -0.39 is 5.72 Å². The number of nitrogens with one attached hydrogen (secondary N) is 1. The molecule has 1 aliphatic rings. The van der Waals surface area contributed by atoms with E-state index in [-0.39, 0.29) is 5.54 Å². The third-order valence-electron chi connectivity index (χ3n) is 3.11. The lowest BCUT2D eigenvalue weighted by Crippen LogP contribution is -2.51. The molecule has 0 bridgehead atoms. The second kappa shape index (κ2) is 3.56. The first-order chi connectivity index (χ1) is 7.52. The molecule has 1 atom stereocenters. The molecule has 0 aromatic heterocycles. The first kappa shape index (κ1) is 11.1. The Kier molecular flexibility index (Phi) is 2.46. The van der Waals surface area contributed by atoms with Gasteiger partial charge in [0.1, 0.15) is 5.54 Å². The molecule has 1 aromatic carbocycles. The Morgan fingerprint density at radius 1 is 1.19 bits per heavy atom. The van der Waals surface area contributed by atoms with E-state index in [0.29, 0.717) is 0 Å². The van der Waals surface area contributed by atoms with Gasteiger partial charge >= 0.3 is 0 Å². The minimum Gasteiger partial charge on any atom is -0.350 e. The van der Waals surface area contributed by atoms with E-state index in [9.17, 15) is 0 Å². The number of methoxy groups -OCH3 is 1. The van der Waals surface area contributed by atoms with Crippen molar-refractivity contribution in [2.24, 2.45) is 10.3 Å². The summed E-state index contributed by atoms with van der Waals surface area (Å²) in [4.78, 5) is 0. The maximum Gasteiger partial charge on any atom is 0.230 e. The molecule has 0 radical (unpaired) electrons. The van der Waals surface area contributed by atoms with Crippen LogP contribution >= 0.6 is 0 Å². The molecular weight excluding hydrogens is 202 g/mol. The number of hydrogen-bond donors (Lipinski definition) is 1. The molecule has 0 spiro atoms. The molecule has 1 aliphatic heterocycles. The topological polar surface area (TPSA) is 46.0 Å². The van der Waals surface area contributed by atoms with Gasteiger partial charge in [0.25, 0.3) is 0 Å². The molecule has 0 saturated carbocycles. The van der Waals surface area contributed by atoms with Crippen LogP contribution in [0.5, 0.6) is 0 Å². The second-order valence-corrected chi connectivity index (χ2v) is 4.65. The van der Waals surface area contributed by atoms with Crippen molar-refractivity contribution < 1.29 is 4.74 Å². The molecule has 0 amide bonds. The number of nitrogens with zero attached hydrogens (tertiary/aromatic N) is 2. The van der Waals surface area contributed by atoms with Gasteiger partial charge in [-0.1, -0.05) is 35.1 Å². The first-order valence-corrected chi connectivity index (χ1v) is 5.33. The van der Waals surface area contributed by atoms with Gasteiger partial charge in [0.05, 0.1) is 0 Å². The zero-order valence-electron chi connectivity index (χ0n) is 10.1. The molecule has 0 fully saturated rings. The first-order valence-electron chi connectivity index (χ1n) is 5.33. The normalized spacial score (nSPS) is 26.8. The molecule has 4 heteroatoms. The summed E-state index contributed by atoms with van der Waals surface area (Å²) in [7, 11) is 1.66. The van der Waals surface area contributed by atoms with E-state index >= 15 is 0 Å². The standard InChI is InChI=1S/C12H17N3O/c1-9-5-7-10(8-6-9)12(16-4)11(2,3)13-15-14-12/h5-8H,1-4H3,(H,13,14). The molecule has 86 valence electrons. The maximum absolute atomic E-state index is 5.62. The summed E-state index contributed by atoms with van der Waals surface area (Å²) in [6, 6.07) is 8.18. The predicted octanol–water partition coefficient (Wildman–Crippen LogP) is 2.54. The van der Waals surface area contributed by atoms with Crippen molar-refractivity contribution in [3.05, 3.63) is 35.4 Å². The highest BCUT2D eigenvalue weighted by Crippen LogP contribution is 2.41. The van der Waals surface area contributed by atoms with Crippen molar-refractivity contribution in [1.82, 2.24) is 5.43 Å².